The topological polar surface area (TPSA) is 132 Å². The molecule has 2 atom stereocenters. The Morgan fingerprint density at radius 3 is 2.43 bits per heavy atom. The molecular weight excluding hydrogens is 348 g/mol. The van der Waals surface area contributed by atoms with Crippen molar-refractivity contribution in [3.05, 3.63) is 35.1 Å². The van der Waals surface area contributed by atoms with Crippen molar-refractivity contribution in [2.24, 2.45) is 9.98 Å². The van der Waals surface area contributed by atoms with Gasteiger partial charge in [0.25, 0.3) is 0 Å². The van der Waals surface area contributed by atoms with Crippen molar-refractivity contribution in [3.8, 4) is 0 Å². The molecule has 0 amide bonds. The largest absolute Gasteiger partial charge is 0.863 e. The Morgan fingerprint density at radius 1 is 1.09 bits per heavy atom. The van der Waals surface area contributed by atoms with Gasteiger partial charge < -0.3 is 36.3 Å². The van der Waals surface area contributed by atoms with E-state index in [1.165, 1.54) is 0 Å². The number of aliphatic imine (C=N–C) groups is 2. The number of nitrogens with zero attached hydrogens (tertiary/aromatic N) is 4. The van der Waals surface area contributed by atoms with Crippen molar-refractivity contribution < 1.29 is 32.8 Å². The fraction of sp³-hybridized carbons (Fsp3) is 0.600. The van der Waals surface area contributed by atoms with Gasteiger partial charge in [-0.1, -0.05) is 55.3 Å². The molecule has 0 aliphatic carbocycles. The zero-order valence-corrected chi connectivity index (χ0v) is 13.8. The Hall–Kier alpha value is -1.34. The second-order valence-corrected chi connectivity index (χ2v) is 5.03. The molecule has 2 heterocycles. The summed E-state index contributed by atoms with van der Waals surface area (Å²) in [4.78, 5) is 7.95. The number of hydrogen-bond donors (Lipinski definition) is 0. The van der Waals surface area contributed by atoms with E-state index in [2.05, 4.69) is 20.6 Å². The predicted octanol–water partition coefficient (Wildman–Crippen LogP) is -0.278. The van der Waals surface area contributed by atoms with Crippen molar-refractivity contribution in [2.75, 3.05) is 19.6 Å². The van der Waals surface area contributed by atoms with Crippen LogP contribution in [0, 0.1) is 0 Å². The molecule has 2 rings (SSSR count). The van der Waals surface area contributed by atoms with Crippen molar-refractivity contribution in [2.45, 2.75) is 37.8 Å². The summed E-state index contributed by atoms with van der Waals surface area (Å²) in [5.41, 5.74) is 0. The van der Waals surface area contributed by atoms with Crippen molar-refractivity contribution in [1.82, 2.24) is 0 Å². The molecule has 0 spiro atoms. The molecule has 0 bridgehead atoms. The normalized spacial score (nSPS) is 24.3. The maximum atomic E-state index is 11.8. The zero-order valence-electron chi connectivity index (χ0n) is 12.9. The number of allylic oxidation sites excluding steroid dienone is 2. The van der Waals surface area contributed by atoms with E-state index >= 15 is 0 Å². The standard InChI is InChI=1S/C15H22N4O2.Cu.H2O/c20-14(12-6-1-3-8-16-12)18-10-5-11-19-15(21)13-7-2-4-9-17-13;;/h1,3,6,8,12-13H,2,4-5,7,9-11H2,(H,18,20)(H,19,21);;1H2/q-2;;/p-1. The second kappa shape index (κ2) is 12.1. The van der Waals surface area contributed by atoms with Crippen LogP contribution < -0.4 is 10.2 Å². The monoisotopic (exact) mass is 370 g/mol. The Bertz CT molecular complexity index is 446. The minimum Gasteiger partial charge on any atom is -0.863 e. The SMILES string of the molecule is [Cu].[O-]C(=NCCCN=C([O-])C1CCCC[N-]1)C1C=CC=C[N-]1.[OH3+]. The van der Waals surface area contributed by atoms with Gasteiger partial charge in [0, 0.05) is 30.2 Å². The van der Waals surface area contributed by atoms with E-state index < -0.39 is 6.04 Å². The first-order valence-corrected chi connectivity index (χ1v) is 7.40. The molecule has 135 valence electrons. The van der Waals surface area contributed by atoms with Crippen molar-refractivity contribution in [1.29, 1.82) is 0 Å². The Labute approximate surface area is 147 Å². The Kier molecular flexibility index (Phi) is 11.4. The van der Waals surface area contributed by atoms with Crippen LogP contribution in [0.1, 0.15) is 25.7 Å². The summed E-state index contributed by atoms with van der Waals surface area (Å²) in [5, 5.41) is 31.7. The predicted molar refractivity (Wildman–Crippen MR) is 85.4 cm³/mol. The van der Waals surface area contributed by atoms with Crippen LogP contribution in [0.5, 0.6) is 0 Å². The maximum Gasteiger partial charge on any atom is 0.0395 e. The molecule has 0 saturated carbocycles. The van der Waals surface area contributed by atoms with E-state index in [1.54, 1.807) is 24.4 Å². The van der Waals surface area contributed by atoms with E-state index in [0.717, 1.165) is 25.8 Å². The van der Waals surface area contributed by atoms with E-state index in [-0.39, 0.29) is 40.4 Å². The fourth-order valence-corrected chi connectivity index (χ4v) is 2.19. The summed E-state index contributed by atoms with van der Waals surface area (Å²) < 4.78 is 0. The third-order valence-corrected chi connectivity index (χ3v) is 3.36. The summed E-state index contributed by atoms with van der Waals surface area (Å²) in [7, 11) is 0. The number of piperidine rings is 1. The van der Waals surface area contributed by atoms with E-state index in [9.17, 15) is 10.2 Å². The van der Waals surface area contributed by atoms with E-state index in [1.807, 2.05) is 0 Å². The third-order valence-electron chi connectivity index (χ3n) is 3.36. The van der Waals surface area contributed by atoms with Crippen LogP contribution in [0.25, 0.3) is 10.6 Å². The summed E-state index contributed by atoms with van der Waals surface area (Å²) in [5.74, 6) is -0.374. The van der Waals surface area contributed by atoms with E-state index in [4.69, 9.17) is 0 Å². The molecule has 0 aromatic heterocycles. The molecule has 2 unspecified atom stereocenters. The summed E-state index contributed by atoms with van der Waals surface area (Å²) in [6.07, 6.45) is 10.4. The average molecular weight is 371 g/mol. The van der Waals surface area contributed by atoms with Crippen LogP contribution in [0.2, 0.25) is 0 Å². The van der Waals surface area contributed by atoms with Crippen molar-refractivity contribution in [3.63, 3.8) is 0 Å². The van der Waals surface area contributed by atoms with Gasteiger partial charge in [-0.25, -0.2) is 0 Å². The molecule has 2 aliphatic heterocycles. The molecule has 1 fully saturated rings. The van der Waals surface area contributed by atoms with Gasteiger partial charge in [-0.15, -0.1) is 12.6 Å². The molecule has 1 saturated heterocycles. The van der Waals surface area contributed by atoms with Gasteiger partial charge >= 0.3 is 0 Å². The second-order valence-electron chi connectivity index (χ2n) is 5.03. The van der Waals surface area contributed by atoms with Crippen LogP contribution in [0.4, 0.5) is 0 Å². The fourth-order valence-electron chi connectivity index (χ4n) is 2.19. The molecule has 7 nitrogen and oxygen atoms in total. The van der Waals surface area contributed by atoms with Crippen LogP contribution >= 0.6 is 0 Å². The van der Waals surface area contributed by atoms with Gasteiger partial charge in [0.2, 0.25) is 0 Å². The summed E-state index contributed by atoms with van der Waals surface area (Å²) >= 11 is 0. The van der Waals surface area contributed by atoms with Crippen LogP contribution in [-0.4, -0.2) is 43.5 Å². The first-order chi connectivity index (χ1) is 10.3. The Morgan fingerprint density at radius 2 is 1.83 bits per heavy atom. The van der Waals surface area contributed by atoms with E-state index in [0.29, 0.717) is 19.5 Å². The molecule has 1 radical (unpaired) electrons. The van der Waals surface area contributed by atoms with Gasteiger partial charge in [-0.3, -0.25) is 0 Å². The number of hydrogen-bond acceptors (Lipinski definition) is 4. The molecule has 23 heavy (non-hydrogen) atoms. The summed E-state index contributed by atoms with van der Waals surface area (Å²) in [6, 6.07) is -0.732. The van der Waals surface area contributed by atoms with Crippen LogP contribution in [-0.2, 0) is 22.5 Å². The summed E-state index contributed by atoms with van der Waals surface area (Å²) in [6.45, 7) is 1.54. The first kappa shape index (κ1) is 21.7. The molecule has 8 heteroatoms. The Balaban J connectivity index is 0.00000242. The van der Waals surface area contributed by atoms with Gasteiger partial charge in [-0.2, -0.15) is 6.20 Å². The van der Waals surface area contributed by atoms with Gasteiger partial charge in [0.1, 0.15) is 0 Å². The maximum absolute atomic E-state index is 11.8. The minimum atomic E-state index is -0.491. The van der Waals surface area contributed by atoms with Gasteiger partial charge in [0.05, 0.1) is 0 Å². The third kappa shape index (κ3) is 7.65. The van der Waals surface area contributed by atoms with Gasteiger partial charge in [0.15, 0.2) is 0 Å². The molecule has 3 N–H and O–H groups in total. The first-order valence-electron chi connectivity index (χ1n) is 7.40. The molecular formula is C15H23CuN4O3-3. The molecule has 0 aromatic carbocycles. The van der Waals surface area contributed by atoms with Gasteiger partial charge in [-0.05, 0) is 6.42 Å². The van der Waals surface area contributed by atoms with Crippen LogP contribution in [0.15, 0.2) is 34.4 Å². The molecule has 2 aliphatic rings. The average Bonchev–Trinajstić information content (AvgIpc) is 2.55. The quantitative estimate of drug-likeness (QED) is 0.209. The minimum absolute atomic E-state index is 0. The number of rotatable bonds is 6. The molecule has 0 aromatic rings. The zero-order chi connectivity index (χ0) is 14.9. The van der Waals surface area contributed by atoms with Crippen molar-refractivity contribution >= 4 is 11.8 Å². The van der Waals surface area contributed by atoms with Crippen LogP contribution in [0.3, 0.4) is 0 Å². The smallest absolute Gasteiger partial charge is 0.0395 e.